The average Bonchev–Trinajstić information content (AvgIpc) is 3.01. The van der Waals surface area contributed by atoms with Crippen molar-refractivity contribution in [3.05, 3.63) is 17.7 Å². The first-order valence-electron chi connectivity index (χ1n) is 8.92. The zero-order valence-electron chi connectivity index (χ0n) is 14.1. The molecule has 2 fully saturated rings. The Kier molecular flexibility index (Phi) is 3.59. The first-order chi connectivity index (χ1) is 11.1. The number of hydrogen-bond donors (Lipinski definition) is 2. The zero-order chi connectivity index (χ0) is 16.0. The van der Waals surface area contributed by atoms with Crippen LogP contribution >= 0.6 is 0 Å². The van der Waals surface area contributed by atoms with Gasteiger partial charge in [0.25, 0.3) is 0 Å². The van der Waals surface area contributed by atoms with Gasteiger partial charge in [0.2, 0.25) is 0 Å². The first kappa shape index (κ1) is 15.0. The Morgan fingerprint density at radius 1 is 1.48 bits per heavy atom. The third-order valence-electron chi connectivity index (χ3n) is 5.52. The summed E-state index contributed by atoms with van der Waals surface area (Å²) in [4.78, 5) is 25.0. The van der Waals surface area contributed by atoms with Gasteiger partial charge in [-0.3, -0.25) is 4.90 Å². The monoisotopic (exact) mass is 317 g/mol. The number of rotatable bonds is 3. The van der Waals surface area contributed by atoms with Gasteiger partial charge in [0.15, 0.2) is 0 Å². The Morgan fingerprint density at radius 2 is 2.30 bits per heavy atom. The van der Waals surface area contributed by atoms with Crippen LogP contribution in [0.25, 0.3) is 0 Å². The van der Waals surface area contributed by atoms with E-state index in [4.69, 9.17) is 0 Å². The molecule has 1 saturated carbocycles. The number of likely N-dealkylation sites (tertiary alicyclic amines) is 1. The Balaban J connectivity index is 1.59. The van der Waals surface area contributed by atoms with Crippen LogP contribution in [0.5, 0.6) is 0 Å². The average molecular weight is 317 g/mol. The minimum atomic E-state index is -0.0789. The number of carbonyl (C=O) groups is 1. The smallest absolute Gasteiger partial charge is 0.317 e. The van der Waals surface area contributed by atoms with Crippen LogP contribution in [0.2, 0.25) is 0 Å². The molecule has 6 heteroatoms. The van der Waals surface area contributed by atoms with Crippen molar-refractivity contribution in [2.45, 2.75) is 51.1 Å². The van der Waals surface area contributed by atoms with E-state index in [1.165, 1.54) is 24.2 Å². The number of imidazole rings is 1. The number of urea groups is 1. The van der Waals surface area contributed by atoms with E-state index in [1.807, 2.05) is 25.1 Å². The topological polar surface area (TPSA) is 64.3 Å². The van der Waals surface area contributed by atoms with Gasteiger partial charge in [0.1, 0.15) is 0 Å². The highest BCUT2D eigenvalue weighted by Crippen LogP contribution is 2.43. The lowest BCUT2D eigenvalue weighted by Crippen LogP contribution is -2.54. The maximum Gasteiger partial charge on any atom is 0.317 e. The van der Waals surface area contributed by atoms with Gasteiger partial charge in [-0.25, -0.2) is 9.78 Å². The first-order valence-corrected chi connectivity index (χ1v) is 8.92. The summed E-state index contributed by atoms with van der Waals surface area (Å²) in [5, 5.41) is 3.03. The molecule has 0 unspecified atom stereocenters. The number of amides is 2. The molecule has 1 atom stereocenters. The van der Waals surface area contributed by atoms with Crippen LogP contribution in [0.4, 0.5) is 4.79 Å². The molecule has 1 aromatic heterocycles. The van der Waals surface area contributed by atoms with Crippen LogP contribution in [0.15, 0.2) is 6.33 Å². The van der Waals surface area contributed by atoms with Gasteiger partial charge in [0.05, 0.1) is 17.6 Å². The number of aromatic nitrogens is 2. The summed E-state index contributed by atoms with van der Waals surface area (Å²) >= 11 is 0. The Labute approximate surface area is 137 Å². The van der Waals surface area contributed by atoms with Crippen molar-refractivity contribution in [1.29, 1.82) is 0 Å². The van der Waals surface area contributed by atoms with Gasteiger partial charge >= 0.3 is 6.03 Å². The van der Waals surface area contributed by atoms with Gasteiger partial charge in [-0.05, 0) is 39.0 Å². The molecular formula is C17H27N5O. The molecule has 3 aliphatic rings. The zero-order valence-corrected chi connectivity index (χ0v) is 14.1. The maximum atomic E-state index is 12.4. The highest BCUT2D eigenvalue weighted by Gasteiger charge is 2.51. The highest BCUT2D eigenvalue weighted by molar-refractivity contribution is 5.75. The molecule has 2 amide bonds. The molecule has 23 heavy (non-hydrogen) atoms. The van der Waals surface area contributed by atoms with E-state index < -0.39 is 0 Å². The van der Waals surface area contributed by atoms with Gasteiger partial charge in [-0.2, -0.15) is 0 Å². The van der Waals surface area contributed by atoms with Crippen molar-refractivity contribution in [2.24, 2.45) is 5.92 Å². The van der Waals surface area contributed by atoms with Crippen molar-refractivity contribution in [1.82, 2.24) is 25.1 Å². The van der Waals surface area contributed by atoms with Crippen LogP contribution < -0.4 is 5.32 Å². The lowest BCUT2D eigenvalue weighted by Gasteiger charge is -2.44. The normalized spacial score (nSPS) is 27.7. The van der Waals surface area contributed by atoms with E-state index in [-0.39, 0.29) is 17.6 Å². The van der Waals surface area contributed by atoms with Crippen molar-refractivity contribution >= 4 is 6.03 Å². The molecule has 3 heterocycles. The van der Waals surface area contributed by atoms with Crippen LogP contribution in [0.3, 0.4) is 0 Å². The second kappa shape index (κ2) is 5.51. The lowest BCUT2D eigenvalue weighted by atomic mass is 9.86. The lowest BCUT2D eigenvalue weighted by molar-refractivity contribution is 0.0721. The van der Waals surface area contributed by atoms with E-state index in [1.54, 1.807) is 0 Å². The number of nitrogens with zero attached hydrogens (tertiary/aromatic N) is 3. The second-order valence-electron chi connectivity index (χ2n) is 7.68. The summed E-state index contributed by atoms with van der Waals surface area (Å²) in [6, 6.07) is 0.236. The van der Waals surface area contributed by atoms with E-state index in [0.717, 1.165) is 44.9 Å². The number of hydrogen-bond acceptors (Lipinski definition) is 3. The predicted molar refractivity (Wildman–Crippen MR) is 88.1 cm³/mol. The number of carbonyl (C=O) groups excluding carboxylic acids is 1. The molecule has 0 bridgehead atoms. The predicted octanol–water partition coefficient (Wildman–Crippen LogP) is 1.70. The maximum absolute atomic E-state index is 12.4. The van der Waals surface area contributed by atoms with Crippen molar-refractivity contribution < 1.29 is 4.79 Å². The minimum absolute atomic E-state index is 0.0610. The van der Waals surface area contributed by atoms with Crippen molar-refractivity contribution in [3.63, 3.8) is 0 Å². The van der Waals surface area contributed by atoms with Gasteiger partial charge < -0.3 is 15.2 Å². The van der Waals surface area contributed by atoms with E-state index in [2.05, 4.69) is 20.2 Å². The quantitative estimate of drug-likeness (QED) is 0.892. The van der Waals surface area contributed by atoms with E-state index in [9.17, 15) is 4.79 Å². The Hall–Kier alpha value is -1.56. The van der Waals surface area contributed by atoms with E-state index in [0.29, 0.717) is 0 Å². The van der Waals surface area contributed by atoms with Crippen LogP contribution in [-0.2, 0) is 12.0 Å². The highest BCUT2D eigenvalue weighted by atomic mass is 16.2. The van der Waals surface area contributed by atoms with Gasteiger partial charge in [-0.15, -0.1) is 0 Å². The fraction of sp³-hybridized carbons (Fsp3) is 0.765. The van der Waals surface area contributed by atoms with Gasteiger partial charge in [0, 0.05) is 44.3 Å². The molecule has 1 spiro atoms. The standard InChI is InChI=1S/C17H27N5O/c1-12(2)20-16(23)21-8-6-17(10-21)15-14(18-11-19-15)5-7-22(17)9-13-3-4-13/h11-13H,3-10H2,1-2H3,(H,18,19)(H,20,23)/t17-/m0/s1. The van der Waals surface area contributed by atoms with E-state index >= 15 is 0 Å². The summed E-state index contributed by atoms with van der Waals surface area (Å²) in [5.41, 5.74) is 2.37. The van der Waals surface area contributed by atoms with Crippen LogP contribution in [0, 0.1) is 5.92 Å². The number of aromatic amines is 1. The summed E-state index contributed by atoms with van der Waals surface area (Å²) in [6.45, 7) is 7.82. The molecule has 1 aromatic rings. The molecule has 0 radical (unpaired) electrons. The molecule has 1 aliphatic carbocycles. The molecular weight excluding hydrogens is 290 g/mol. The fourth-order valence-electron chi connectivity index (χ4n) is 4.16. The van der Waals surface area contributed by atoms with Crippen LogP contribution in [0.1, 0.15) is 44.5 Å². The third-order valence-corrected chi connectivity index (χ3v) is 5.52. The number of fused-ring (bicyclic) bond motifs is 2. The van der Waals surface area contributed by atoms with Crippen molar-refractivity contribution in [3.8, 4) is 0 Å². The number of H-pyrrole nitrogens is 1. The second-order valence-corrected chi connectivity index (χ2v) is 7.68. The summed E-state index contributed by atoms with van der Waals surface area (Å²) in [6.07, 6.45) is 6.57. The molecule has 2 N–H and O–H groups in total. The van der Waals surface area contributed by atoms with Crippen LogP contribution in [-0.4, -0.2) is 58.0 Å². The molecule has 0 aromatic carbocycles. The molecule has 2 aliphatic heterocycles. The largest absolute Gasteiger partial charge is 0.348 e. The molecule has 126 valence electrons. The SMILES string of the molecule is CC(C)NC(=O)N1CC[C@]2(C1)c1nc[nH]c1CCN2CC1CC1. The third kappa shape index (κ3) is 2.63. The summed E-state index contributed by atoms with van der Waals surface area (Å²) in [5.74, 6) is 0.853. The number of nitrogens with one attached hydrogen (secondary N) is 2. The van der Waals surface area contributed by atoms with Crippen molar-refractivity contribution in [2.75, 3.05) is 26.2 Å². The molecule has 6 nitrogen and oxygen atoms in total. The minimum Gasteiger partial charge on any atom is -0.348 e. The fourth-order valence-corrected chi connectivity index (χ4v) is 4.16. The summed E-state index contributed by atoms with van der Waals surface area (Å²) in [7, 11) is 0. The Morgan fingerprint density at radius 3 is 3.04 bits per heavy atom. The molecule has 4 rings (SSSR count). The van der Waals surface area contributed by atoms with Gasteiger partial charge in [-0.1, -0.05) is 0 Å². The Bertz CT molecular complexity index is 594. The molecule has 1 saturated heterocycles. The summed E-state index contributed by atoms with van der Waals surface area (Å²) < 4.78 is 0.